The number of aromatic hydroxyl groups is 2. The molecule has 8 nitrogen and oxygen atoms in total. The van der Waals surface area contributed by atoms with Gasteiger partial charge in [0, 0.05) is 45.8 Å². The number of ether oxygens (including phenoxy) is 2. The van der Waals surface area contributed by atoms with E-state index in [2.05, 4.69) is 0 Å². The number of phenolic OH excluding ortho intramolecular Hbond substituents is 2. The molecule has 0 amide bonds. The SMILES string of the molecule is CC(C)(C)C(=O)Oc1ccc2ccccc2c1-c1c(O)c(C=NC2(C3(N=Cc4cc5ccccc5c(-c5c(OC(=O)C(C)(C)C)ccc6ccccc56)c4O)CCCC3)CCCC2)cc2ccccc12. The van der Waals surface area contributed by atoms with Gasteiger partial charge in [-0.15, -0.1) is 0 Å². The number of hydrogen-bond donors (Lipinski definition) is 2. The van der Waals surface area contributed by atoms with Gasteiger partial charge in [-0.3, -0.25) is 19.6 Å². The fraction of sp³-hybridized carbons (Fsp3) is 0.290. The topological polar surface area (TPSA) is 118 Å². The Morgan fingerprint density at radius 3 is 1.11 bits per heavy atom. The molecule has 0 aromatic heterocycles. The number of benzene rings is 8. The molecule has 0 aliphatic heterocycles. The minimum atomic E-state index is -0.756. The predicted octanol–water partition coefficient (Wildman–Crippen LogP) is 15.1. The molecule has 0 radical (unpaired) electrons. The van der Waals surface area contributed by atoms with Gasteiger partial charge < -0.3 is 19.7 Å². The summed E-state index contributed by atoms with van der Waals surface area (Å²) in [5.41, 5.74) is 0.895. The van der Waals surface area contributed by atoms with E-state index < -0.39 is 21.9 Å². The van der Waals surface area contributed by atoms with E-state index in [1.807, 2.05) is 187 Å². The van der Waals surface area contributed by atoms with Crippen molar-refractivity contribution in [1.82, 2.24) is 0 Å². The predicted molar refractivity (Wildman–Crippen MR) is 285 cm³/mol. The average Bonchev–Trinajstić information content (AvgIpc) is 4.05. The van der Waals surface area contributed by atoms with Crippen LogP contribution in [0, 0.1) is 10.8 Å². The van der Waals surface area contributed by atoms with E-state index in [-0.39, 0.29) is 23.4 Å². The van der Waals surface area contributed by atoms with E-state index in [9.17, 15) is 19.8 Å². The van der Waals surface area contributed by atoms with Crippen LogP contribution in [0.3, 0.4) is 0 Å². The number of esters is 2. The molecule has 8 aromatic rings. The van der Waals surface area contributed by atoms with E-state index in [1.165, 1.54) is 0 Å². The van der Waals surface area contributed by atoms with Crippen LogP contribution in [0.4, 0.5) is 0 Å². The zero-order chi connectivity index (χ0) is 49.0. The van der Waals surface area contributed by atoms with Crippen LogP contribution in [-0.4, -0.2) is 45.7 Å². The number of rotatable bonds is 9. The largest absolute Gasteiger partial charge is 0.507 e. The van der Waals surface area contributed by atoms with Crippen molar-refractivity contribution in [3.63, 3.8) is 0 Å². The van der Waals surface area contributed by atoms with Crippen molar-refractivity contribution in [2.45, 2.75) is 104 Å². The summed E-state index contributed by atoms with van der Waals surface area (Å²) in [6, 6.07) is 43.4. The summed E-state index contributed by atoms with van der Waals surface area (Å²) in [5, 5.41) is 32.4. The van der Waals surface area contributed by atoms with E-state index in [0.717, 1.165) is 94.5 Å². The Balaban J connectivity index is 1.11. The van der Waals surface area contributed by atoms with E-state index in [1.54, 1.807) is 0 Å². The Kier molecular flexibility index (Phi) is 11.9. The summed E-state index contributed by atoms with van der Waals surface area (Å²) >= 11 is 0. The first kappa shape index (κ1) is 46.4. The van der Waals surface area contributed by atoms with E-state index in [4.69, 9.17) is 19.5 Å². The normalized spacial score (nSPS) is 16.0. The van der Waals surface area contributed by atoms with Crippen molar-refractivity contribution < 1.29 is 29.3 Å². The Bertz CT molecular complexity index is 3200. The van der Waals surface area contributed by atoms with Crippen molar-refractivity contribution in [3.8, 4) is 45.3 Å². The quantitative estimate of drug-likeness (QED) is 0.0846. The molecule has 354 valence electrons. The summed E-state index contributed by atoms with van der Waals surface area (Å²) in [6.07, 6.45) is 11.0. The van der Waals surface area contributed by atoms with Crippen LogP contribution in [-0.2, 0) is 9.59 Å². The number of carbonyl (C=O) groups is 2. The van der Waals surface area contributed by atoms with Gasteiger partial charge in [-0.05, 0) is 135 Å². The molecule has 0 unspecified atom stereocenters. The van der Waals surface area contributed by atoms with Gasteiger partial charge in [-0.2, -0.15) is 0 Å². The van der Waals surface area contributed by atoms with Gasteiger partial charge in [0.1, 0.15) is 23.0 Å². The second-order valence-electron chi connectivity index (χ2n) is 21.4. The number of carbonyl (C=O) groups excluding carboxylic acids is 2. The van der Waals surface area contributed by atoms with Crippen molar-refractivity contribution in [3.05, 3.63) is 145 Å². The summed E-state index contributed by atoms with van der Waals surface area (Å²) < 4.78 is 12.4. The van der Waals surface area contributed by atoms with Crippen LogP contribution in [0.15, 0.2) is 143 Å². The lowest BCUT2D eigenvalue weighted by Gasteiger charge is -2.41. The zero-order valence-corrected chi connectivity index (χ0v) is 40.9. The Morgan fingerprint density at radius 2 is 0.771 bits per heavy atom. The van der Waals surface area contributed by atoms with Gasteiger partial charge in [-0.25, -0.2) is 0 Å². The Morgan fingerprint density at radius 1 is 0.457 bits per heavy atom. The molecule has 2 aliphatic carbocycles. The first-order chi connectivity index (χ1) is 33.6. The lowest BCUT2D eigenvalue weighted by atomic mass is 9.74. The van der Waals surface area contributed by atoms with Crippen LogP contribution in [0.25, 0.3) is 65.3 Å². The lowest BCUT2D eigenvalue weighted by Crippen LogP contribution is -2.48. The Labute approximate surface area is 409 Å². The average molecular weight is 929 g/mol. The highest BCUT2D eigenvalue weighted by Gasteiger charge is 2.54. The fourth-order valence-electron chi connectivity index (χ4n) is 10.8. The highest BCUT2D eigenvalue weighted by Crippen LogP contribution is 2.54. The standard InChI is InChI=1S/C62H60N2O6/c1-59(2,3)57(67)69-49-29-27-39-19-7-11-23-45(39)51(49)53-47-25-13-9-21-41(47)35-43(55(53)65)37-63-61(31-15-16-32-61)62(33-17-18-34-62)64-38-44-36-42-22-10-14-26-48(42)54(56(44)66)52-46-24-12-8-20-40(46)28-30-50(52)70-58(68)60(4,5)6/h7-14,19-30,35-38,65-66H,15-18,31-34H2,1-6H3. The Hall–Kier alpha value is -7.32. The van der Waals surface area contributed by atoms with Crippen LogP contribution >= 0.6 is 0 Å². The number of aliphatic imine (C=N–C) groups is 2. The van der Waals surface area contributed by atoms with Crippen molar-refractivity contribution >= 4 is 67.5 Å². The molecule has 0 saturated heterocycles. The molecule has 0 heterocycles. The molecule has 10 rings (SSSR count). The van der Waals surface area contributed by atoms with Gasteiger partial charge in [0.15, 0.2) is 0 Å². The summed E-state index contributed by atoms with van der Waals surface area (Å²) in [4.78, 5) is 38.2. The summed E-state index contributed by atoms with van der Waals surface area (Å²) in [7, 11) is 0. The number of hydrogen-bond acceptors (Lipinski definition) is 8. The molecule has 0 bridgehead atoms. The zero-order valence-electron chi connectivity index (χ0n) is 40.9. The van der Waals surface area contributed by atoms with Crippen molar-refractivity contribution in [2.75, 3.05) is 0 Å². The highest BCUT2D eigenvalue weighted by atomic mass is 16.5. The summed E-state index contributed by atoms with van der Waals surface area (Å²) in [5.74, 6) is 0.121. The first-order valence-corrected chi connectivity index (χ1v) is 24.7. The molecular weight excluding hydrogens is 869 g/mol. The molecule has 2 fully saturated rings. The van der Waals surface area contributed by atoms with Crippen LogP contribution in [0.5, 0.6) is 23.0 Å². The highest BCUT2D eigenvalue weighted by molar-refractivity contribution is 6.14. The third kappa shape index (κ3) is 8.27. The molecule has 2 saturated carbocycles. The van der Waals surface area contributed by atoms with E-state index in [0.29, 0.717) is 44.9 Å². The maximum Gasteiger partial charge on any atom is 0.316 e. The molecule has 8 aromatic carbocycles. The molecule has 0 atom stereocenters. The lowest BCUT2D eigenvalue weighted by molar-refractivity contribution is -0.143. The molecule has 2 aliphatic rings. The van der Waals surface area contributed by atoms with Gasteiger partial charge >= 0.3 is 11.9 Å². The third-order valence-corrected chi connectivity index (χ3v) is 14.6. The van der Waals surface area contributed by atoms with Gasteiger partial charge in [0.05, 0.1) is 21.9 Å². The second kappa shape index (κ2) is 17.9. The molecule has 8 heteroatoms. The summed E-state index contributed by atoms with van der Waals surface area (Å²) in [6.45, 7) is 11.0. The smallest absolute Gasteiger partial charge is 0.316 e. The maximum atomic E-state index is 13.5. The molecular formula is C62H60N2O6. The van der Waals surface area contributed by atoms with Gasteiger partial charge in [0.2, 0.25) is 0 Å². The van der Waals surface area contributed by atoms with Crippen LogP contribution < -0.4 is 9.47 Å². The van der Waals surface area contributed by atoms with Crippen LogP contribution in [0.2, 0.25) is 0 Å². The maximum absolute atomic E-state index is 13.5. The second-order valence-corrected chi connectivity index (χ2v) is 21.4. The third-order valence-electron chi connectivity index (χ3n) is 14.6. The minimum Gasteiger partial charge on any atom is -0.507 e. The molecule has 0 spiro atoms. The van der Waals surface area contributed by atoms with Crippen molar-refractivity contribution in [2.24, 2.45) is 20.8 Å². The van der Waals surface area contributed by atoms with Crippen LogP contribution in [0.1, 0.15) is 104 Å². The van der Waals surface area contributed by atoms with Crippen molar-refractivity contribution in [1.29, 1.82) is 0 Å². The number of nitrogens with zero attached hydrogens (tertiary/aromatic N) is 2. The van der Waals surface area contributed by atoms with Gasteiger partial charge in [-0.1, -0.05) is 135 Å². The molecule has 2 N–H and O–H groups in total. The molecule has 70 heavy (non-hydrogen) atoms. The number of fused-ring (bicyclic) bond motifs is 4. The minimum absolute atomic E-state index is 0.0542. The number of phenols is 2. The van der Waals surface area contributed by atoms with Gasteiger partial charge in [0.25, 0.3) is 0 Å². The fourth-order valence-corrected chi connectivity index (χ4v) is 10.8. The van der Waals surface area contributed by atoms with E-state index >= 15 is 0 Å². The monoisotopic (exact) mass is 928 g/mol. The first-order valence-electron chi connectivity index (χ1n) is 24.7.